The average Bonchev–Trinajstić information content (AvgIpc) is 2.38. The van der Waals surface area contributed by atoms with Gasteiger partial charge in [-0.05, 0) is 38.6 Å². The van der Waals surface area contributed by atoms with Gasteiger partial charge >= 0.3 is 0 Å². The van der Waals surface area contributed by atoms with Crippen LogP contribution in [0.1, 0.15) is 46.0 Å². The van der Waals surface area contributed by atoms with E-state index in [0.29, 0.717) is 11.1 Å². The summed E-state index contributed by atoms with van der Waals surface area (Å²) in [7, 11) is 2.00. The Bertz CT molecular complexity index is 356. The summed E-state index contributed by atoms with van der Waals surface area (Å²) in [6.07, 6.45) is 6.45. The van der Waals surface area contributed by atoms with Gasteiger partial charge in [0.25, 0.3) is 0 Å². The lowest BCUT2D eigenvalue weighted by Crippen LogP contribution is -2.39. The molecule has 0 aliphatic heterocycles. The molecule has 0 spiro atoms. The quantitative estimate of drug-likeness (QED) is 0.665. The van der Waals surface area contributed by atoms with Crippen LogP contribution in [0.25, 0.3) is 0 Å². The fourth-order valence-corrected chi connectivity index (χ4v) is 2.42. The van der Waals surface area contributed by atoms with E-state index in [1.54, 1.807) is 0 Å². The lowest BCUT2D eigenvalue weighted by atomic mass is 10.0. The molecule has 0 amide bonds. The molecule has 2 unspecified atom stereocenters. The van der Waals surface area contributed by atoms with Crippen LogP contribution in [0.4, 0.5) is 0 Å². The molecule has 0 bridgehead atoms. The molecule has 0 heterocycles. The molecule has 0 radical (unpaired) electrons. The highest BCUT2D eigenvalue weighted by Crippen LogP contribution is 2.20. The minimum Gasteiger partial charge on any atom is -0.489 e. The van der Waals surface area contributed by atoms with Gasteiger partial charge in [0.1, 0.15) is 11.9 Å². The predicted octanol–water partition coefficient (Wildman–Crippen LogP) is 4.67. The maximum Gasteiger partial charge on any atom is 0.121 e. The number of nitrogens with one attached hydrogen (secondary N) is 1. The second-order valence-electron chi connectivity index (χ2n) is 5.02. The highest BCUT2D eigenvalue weighted by Gasteiger charge is 2.16. The molecule has 19 heavy (non-hydrogen) atoms. The maximum atomic E-state index is 5.96. The smallest absolute Gasteiger partial charge is 0.121 e. The second kappa shape index (κ2) is 9.22. The third-order valence-electron chi connectivity index (χ3n) is 3.42. The Labute approximate surface area is 122 Å². The Kier molecular flexibility index (Phi) is 7.92. The SMILES string of the molecule is CCCCCCC(NC)C(C)Oc1cccc(Cl)c1. The highest BCUT2D eigenvalue weighted by atomic mass is 35.5. The summed E-state index contributed by atoms with van der Waals surface area (Å²) in [6, 6.07) is 7.98. The van der Waals surface area contributed by atoms with E-state index in [0.717, 1.165) is 12.2 Å². The molecule has 0 fully saturated rings. The molecule has 1 aromatic carbocycles. The van der Waals surface area contributed by atoms with Gasteiger partial charge in [-0.1, -0.05) is 50.3 Å². The van der Waals surface area contributed by atoms with Crippen molar-refractivity contribution in [2.45, 2.75) is 58.1 Å². The fraction of sp³-hybridized carbons (Fsp3) is 0.625. The summed E-state index contributed by atoms with van der Waals surface area (Å²) in [4.78, 5) is 0. The first-order valence-electron chi connectivity index (χ1n) is 7.26. The highest BCUT2D eigenvalue weighted by molar-refractivity contribution is 6.30. The lowest BCUT2D eigenvalue weighted by molar-refractivity contribution is 0.167. The molecule has 0 aromatic heterocycles. The van der Waals surface area contributed by atoms with E-state index in [-0.39, 0.29) is 6.10 Å². The molecular weight excluding hydrogens is 258 g/mol. The molecule has 1 N–H and O–H groups in total. The van der Waals surface area contributed by atoms with Crippen molar-refractivity contribution >= 4 is 11.6 Å². The molecule has 0 aliphatic carbocycles. The summed E-state index contributed by atoms with van der Waals surface area (Å²) in [5.74, 6) is 0.841. The Morgan fingerprint density at radius 1 is 1.26 bits per heavy atom. The summed E-state index contributed by atoms with van der Waals surface area (Å²) < 4.78 is 5.96. The van der Waals surface area contributed by atoms with Gasteiger partial charge in [0.2, 0.25) is 0 Å². The molecule has 0 saturated carbocycles. The predicted molar refractivity (Wildman–Crippen MR) is 83.1 cm³/mol. The zero-order valence-electron chi connectivity index (χ0n) is 12.3. The normalized spacial score (nSPS) is 14.1. The summed E-state index contributed by atoms with van der Waals surface area (Å²) in [5, 5.41) is 4.07. The monoisotopic (exact) mass is 283 g/mol. The topological polar surface area (TPSA) is 21.3 Å². The van der Waals surface area contributed by atoms with Gasteiger partial charge in [-0.2, -0.15) is 0 Å². The Morgan fingerprint density at radius 2 is 2.05 bits per heavy atom. The number of halogens is 1. The molecule has 1 rings (SSSR count). The third-order valence-corrected chi connectivity index (χ3v) is 3.66. The molecule has 2 nitrogen and oxygen atoms in total. The molecule has 108 valence electrons. The van der Waals surface area contributed by atoms with Crippen LogP contribution >= 0.6 is 11.6 Å². The van der Waals surface area contributed by atoms with Crippen LogP contribution < -0.4 is 10.1 Å². The number of ether oxygens (including phenoxy) is 1. The van der Waals surface area contributed by atoms with E-state index < -0.39 is 0 Å². The van der Waals surface area contributed by atoms with E-state index in [1.807, 2.05) is 31.3 Å². The number of rotatable bonds is 9. The number of benzene rings is 1. The second-order valence-corrected chi connectivity index (χ2v) is 5.46. The number of unbranched alkanes of at least 4 members (excludes halogenated alkanes) is 3. The van der Waals surface area contributed by atoms with Crippen molar-refractivity contribution in [1.82, 2.24) is 5.32 Å². The van der Waals surface area contributed by atoms with Gasteiger partial charge in [0.15, 0.2) is 0 Å². The van der Waals surface area contributed by atoms with E-state index in [4.69, 9.17) is 16.3 Å². The molecule has 2 atom stereocenters. The molecule has 3 heteroatoms. The van der Waals surface area contributed by atoms with Gasteiger partial charge in [-0.15, -0.1) is 0 Å². The zero-order valence-corrected chi connectivity index (χ0v) is 13.0. The zero-order chi connectivity index (χ0) is 14.1. The van der Waals surface area contributed by atoms with Crippen LogP contribution in [-0.4, -0.2) is 19.2 Å². The third kappa shape index (κ3) is 6.31. The van der Waals surface area contributed by atoms with Crippen molar-refractivity contribution in [1.29, 1.82) is 0 Å². The van der Waals surface area contributed by atoms with Gasteiger partial charge in [-0.25, -0.2) is 0 Å². The van der Waals surface area contributed by atoms with Crippen LogP contribution in [0, 0.1) is 0 Å². The van der Waals surface area contributed by atoms with Crippen molar-refractivity contribution in [2.75, 3.05) is 7.05 Å². The minimum absolute atomic E-state index is 0.144. The van der Waals surface area contributed by atoms with Crippen LogP contribution in [0.2, 0.25) is 5.02 Å². The number of likely N-dealkylation sites (N-methyl/N-ethyl adjacent to an activating group) is 1. The van der Waals surface area contributed by atoms with Crippen molar-refractivity contribution < 1.29 is 4.74 Å². The molecule has 0 saturated heterocycles. The fourth-order valence-electron chi connectivity index (χ4n) is 2.24. The van der Waals surface area contributed by atoms with Crippen molar-refractivity contribution in [3.05, 3.63) is 29.3 Å². The number of hydrogen-bond acceptors (Lipinski definition) is 2. The minimum atomic E-state index is 0.144. The van der Waals surface area contributed by atoms with Crippen LogP contribution in [0.5, 0.6) is 5.75 Å². The van der Waals surface area contributed by atoms with Crippen molar-refractivity contribution in [3.8, 4) is 5.75 Å². The van der Waals surface area contributed by atoms with Crippen LogP contribution in [0.3, 0.4) is 0 Å². The first-order chi connectivity index (χ1) is 9.17. The molecule has 1 aromatic rings. The Morgan fingerprint density at radius 3 is 2.68 bits per heavy atom. The summed E-state index contributed by atoms with van der Waals surface area (Å²) in [6.45, 7) is 4.35. The Hall–Kier alpha value is -0.730. The van der Waals surface area contributed by atoms with Gasteiger partial charge < -0.3 is 10.1 Å². The molecular formula is C16H26ClNO. The largest absolute Gasteiger partial charge is 0.489 e. The van der Waals surface area contributed by atoms with E-state index in [1.165, 1.54) is 25.7 Å². The van der Waals surface area contributed by atoms with Crippen molar-refractivity contribution in [2.24, 2.45) is 0 Å². The van der Waals surface area contributed by atoms with Gasteiger partial charge in [0.05, 0.1) is 0 Å². The van der Waals surface area contributed by atoms with Crippen LogP contribution in [0.15, 0.2) is 24.3 Å². The van der Waals surface area contributed by atoms with Crippen LogP contribution in [-0.2, 0) is 0 Å². The van der Waals surface area contributed by atoms with E-state index in [9.17, 15) is 0 Å². The standard InChI is InChI=1S/C16H26ClNO/c1-4-5-6-7-11-16(18-3)13(2)19-15-10-8-9-14(17)12-15/h8-10,12-13,16,18H,4-7,11H2,1-3H3. The summed E-state index contributed by atoms with van der Waals surface area (Å²) >= 11 is 5.96. The molecule has 0 aliphatic rings. The average molecular weight is 284 g/mol. The van der Waals surface area contributed by atoms with Gasteiger partial charge in [0, 0.05) is 11.1 Å². The first kappa shape index (κ1) is 16.3. The first-order valence-corrected chi connectivity index (χ1v) is 7.64. The van der Waals surface area contributed by atoms with E-state index >= 15 is 0 Å². The lowest BCUT2D eigenvalue weighted by Gasteiger charge is -2.24. The maximum absolute atomic E-state index is 5.96. The number of hydrogen-bond donors (Lipinski definition) is 1. The van der Waals surface area contributed by atoms with Gasteiger partial charge in [-0.3, -0.25) is 0 Å². The Balaban J connectivity index is 2.42. The van der Waals surface area contributed by atoms with Crippen molar-refractivity contribution in [3.63, 3.8) is 0 Å². The van der Waals surface area contributed by atoms with E-state index in [2.05, 4.69) is 19.2 Å². The summed E-state index contributed by atoms with van der Waals surface area (Å²) in [5.41, 5.74) is 0.